The molecule has 1 aliphatic carbocycles. The number of ether oxygens (including phenoxy) is 2. The summed E-state index contributed by atoms with van der Waals surface area (Å²) >= 11 is 0. The first-order chi connectivity index (χ1) is 15.3. The highest BCUT2D eigenvalue weighted by atomic mass is 16.5. The zero-order chi connectivity index (χ0) is 21.2. The van der Waals surface area contributed by atoms with Gasteiger partial charge in [-0.25, -0.2) is 4.98 Å². The number of nitrogens with one attached hydrogen (secondary N) is 1. The van der Waals surface area contributed by atoms with Gasteiger partial charge in [0.05, 0.1) is 26.4 Å². The molecule has 0 amide bonds. The first kappa shape index (κ1) is 19.4. The molecule has 1 unspecified atom stereocenters. The molecule has 0 spiro atoms. The molecule has 1 aliphatic heterocycles. The van der Waals surface area contributed by atoms with Crippen molar-refractivity contribution in [3.05, 3.63) is 66.1 Å². The first-order valence-electron chi connectivity index (χ1n) is 10.5. The quantitative estimate of drug-likeness (QED) is 0.682. The Morgan fingerprint density at radius 1 is 1.16 bits per heavy atom. The summed E-state index contributed by atoms with van der Waals surface area (Å²) in [6, 6.07) is 15.1. The number of benzene rings is 1. The fraction of sp³-hybridized carbons (Fsp3) is 0.280. The van der Waals surface area contributed by atoms with Crippen molar-refractivity contribution in [2.75, 3.05) is 38.3 Å². The second-order valence-corrected chi connectivity index (χ2v) is 7.80. The molecule has 1 atom stereocenters. The van der Waals surface area contributed by atoms with Crippen molar-refractivity contribution in [2.24, 2.45) is 5.92 Å². The SMILES string of the molecule is COC1=CC=C(c2ccnc3[nH]c(-c4ccc(N5CCOCC5)cc4)cc23)CC1C#N. The number of aromatic amines is 1. The van der Waals surface area contributed by atoms with E-state index in [9.17, 15) is 5.26 Å². The van der Waals surface area contributed by atoms with Gasteiger partial charge in [0.1, 0.15) is 17.3 Å². The Morgan fingerprint density at radius 2 is 1.97 bits per heavy atom. The Bertz CT molecular complexity index is 1190. The molecule has 0 radical (unpaired) electrons. The van der Waals surface area contributed by atoms with E-state index in [0.717, 1.165) is 59.7 Å². The van der Waals surface area contributed by atoms with Crippen LogP contribution in [-0.4, -0.2) is 43.4 Å². The van der Waals surface area contributed by atoms with E-state index in [-0.39, 0.29) is 5.92 Å². The van der Waals surface area contributed by atoms with Gasteiger partial charge in [-0.1, -0.05) is 18.2 Å². The highest BCUT2D eigenvalue weighted by Gasteiger charge is 2.22. The van der Waals surface area contributed by atoms with Crippen LogP contribution in [0.3, 0.4) is 0 Å². The molecular weight excluding hydrogens is 388 g/mol. The van der Waals surface area contributed by atoms with Crippen LogP contribution in [-0.2, 0) is 9.47 Å². The normalized spacial score (nSPS) is 19.0. The standard InChI is InChI=1S/C25H24N4O2/c1-30-24-7-4-18(14-19(24)16-26)21-8-9-27-25-22(21)15-23(28-25)17-2-5-20(6-3-17)29-10-12-31-13-11-29/h2-9,15,19H,10-14H2,1H3,(H,27,28). The lowest BCUT2D eigenvalue weighted by Crippen LogP contribution is -2.36. The number of morpholine rings is 1. The third kappa shape index (κ3) is 3.69. The smallest absolute Gasteiger partial charge is 0.138 e. The molecule has 31 heavy (non-hydrogen) atoms. The number of nitrogens with zero attached hydrogens (tertiary/aromatic N) is 3. The van der Waals surface area contributed by atoms with Crippen LogP contribution in [0.15, 0.2) is 60.5 Å². The van der Waals surface area contributed by atoms with Gasteiger partial charge in [0.15, 0.2) is 0 Å². The summed E-state index contributed by atoms with van der Waals surface area (Å²) in [6.45, 7) is 3.41. The number of hydrogen-bond acceptors (Lipinski definition) is 5. The molecule has 1 N–H and O–H groups in total. The first-order valence-corrected chi connectivity index (χ1v) is 10.5. The van der Waals surface area contributed by atoms with Crippen molar-refractivity contribution in [1.82, 2.24) is 9.97 Å². The van der Waals surface area contributed by atoms with Crippen LogP contribution in [0.1, 0.15) is 12.0 Å². The molecule has 0 bridgehead atoms. The largest absolute Gasteiger partial charge is 0.500 e. The van der Waals surface area contributed by atoms with Crippen molar-refractivity contribution < 1.29 is 9.47 Å². The molecule has 0 saturated carbocycles. The van der Waals surface area contributed by atoms with Gasteiger partial charge in [-0.05, 0) is 53.5 Å². The van der Waals surface area contributed by atoms with Gasteiger partial charge in [-0.3, -0.25) is 0 Å². The zero-order valence-electron chi connectivity index (χ0n) is 17.5. The number of allylic oxidation sites excluding steroid dienone is 4. The molecule has 6 heteroatoms. The molecule has 2 aromatic heterocycles. The third-order valence-corrected chi connectivity index (χ3v) is 6.04. The second-order valence-electron chi connectivity index (χ2n) is 7.80. The number of rotatable bonds is 4. The Morgan fingerprint density at radius 3 is 2.71 bits per heavy atom. The van der Waals surface area contributed by atoms with Crippen LogP contribution >= 0.6 is 0 Å². The van der Waals surface area contributed by atoms with E-state index in [1.54, 1.807) is 7.11 Å². The summed E-state index contributed by atoms with van der Waals surface area (Å²) in [7, 11) is 1.61. The number of H-pyrrole nitrogens is 1. The fourth-order valence-electron chi connectivity index (χ4n) is 4.34. The molecule has 1 aromatic carbocycles. The summed E-state index contributed by atoms with van der Waals surface area (Å²) in [5.74, 6) is 0.450. The van der Waals surface area contributed by atoms with Crippen LogP contribution in [0.5, 0.6) is 0 Å². The number of anilines is 1. The van der Waals surface area contributed by atoms with Gasteiger partial charge in [-0.2, -0.15) is 5.26 Å². The predicted octanol–water partition coefficient (Wildman–Crippen LogP) is 4.52. The van der Waals surface area contributed by atoms with Gasteiger partial charge in [-0.15, -0.1) is 0 Å². The van der Waals surface area contributed by atoms with Gasteiger partial charge in [0, 0.05) is 36.1 Å². The maximum Gasteiger partial charge on any atom is 0.138 e. The molecule has 5 rings (SSSR count). The van der Waals surface area contributed by atoms with Crippen LogP contribution in [0.2, 0.25) is 0 Å². The summed E-state index contributed by atoms with van der Waals surface area (Å²) in [5, 5.41) is 10.6. The Kier molecular flexibility index (Phi) is 5.19. The summed E-state index contributed by atoms with van der Waals surface area (Å²) in [5.41, 5.74) is 6.44. The van der Waals surface area contributed by atoms with E-state index < -0.39 is 0 Å². The van der Waals surface area contributed by atoms with Crippen molar-refractivity contribution in [1.29, 1.82) is 5.26 Å². The van der Waals surface area contributed by atoms with E-state index in [1.165, 1.54) is 5.69 Å². The number of methoxy groups -OCH3 is 1. The van der Waals surface area contributed by atoms with Crippen LogP contribution in [0.4, 0.5) is 5.69 Å². The van der Waals surface area contributed by atoms with Gasteiger partial charge in [0.2, 0.25) is 0 Å². The fourth-order valence-corrected chi connectivity index (χ4v) is 4.34. The van der Waals surface area contributed by atoms with E-state index >= 15 is 0 Å². The number of aromatic nitrogens is 2. The predicted molar refractivity (Wildman–Crippen MR) is 121 cm³/mol. The average molecular weight is 412 g/mol. The lowest BCUT2D eigenvalue weighted by Gasteiger charge is -2.28. The molecule has 156 valence electrons. The molecule has 6 nitrogen and oxygen atoms in total. The zero-order valence-corrected chi connectivity index (χ0v) is 17.5. The monoisotopic (exact) mass is 412 g/mol. The summed E-state index contributed by atoms with van der Waals surface area (Å²) in [6.07, 6.45) is 6.39. The summed E-state index contributed by atoms with van der Waals surface area (Å²) in [4.78, 5) is 10.3. The maximum atomic E-state index is 9.51. The van der Waals surface area contributed by atoms with Crippen molar-refractivity contribution >= 4 is 22.3 Å². The topological polar surface area (TPSA) is 74.2 Å². The average Bonchev–Trinajstić information content (AvgIpc) is 3.29. The Labute approximate surface area is 181 Å². The van der Waals surface area contributed by atoms with Crippen LogP contribution in [0, 0.1) is 17.2 Å². The minimum absolute atomic E-state index is 0.264. The summed E-state index contributed by atoms with van der Waals surface area (Å²) < 4.78 is 10.8. The van der Waals surface area contributed by atoms with E-state index in [2.05, 4.69) is 51.3 Å². The third-order valence-electron chi connectivity index (χ3n) is 6.04. The van der Waals surface area contributed by atoms with Gasteiger partial charge < -0.3 is 19.4 Å². The van der Waals surface area contributed by atoms with E-state index in [4.69, 9.17) is 9.47 Å². The highest BCUT2D eigenvalue weighted by molar-refractivity contribution is 5.94. The second kappa shape index (κ2) is 8.29. The number of fused-ring (bicyclic) bond motifs is 1. The molecule has 1 fully saturated rings. The lowest BCUT2D eigenvalue weighted by atomic mass is 9.88. The van der Waals surface area contributed by atoms with Gasteiger partial charge in [0.25, 0.3) is 0 Å². The van der Waals surface area contributed by atoms with Gasteiger partial charge >= 0.3 is 0 Å². The molecule has 3 aromatic rings. The van der Waals surface area contributed by atoms with E-state index in [0.29, 0.717) is 12.2 Å². The molecule has 2 aliphatic rings. The molecule has 3 heterocycles. The number of pyridine rings is 1. The minimum Gasteiger partial charge on any atom is -0.500 e. The Hall–Kier alpha value is -3.56. The number of nitriles is 1. The number of hydrogen-bond donors (Lipinski definition) is 1. The van der Waals surface area contributed by atoms with E-state index in [1.807, 2.05) is 24.4 Å². The lowest BCUT2D eigenvalue weighted by molar-refractivity contribution is 0.122. The molecular formula is C25H24N4O2. The van der Waals surface area contributed by atoms with Crippen LogP contribution < -0.4 is 4.90 Å². The highest BCUT2D eigenvalue weighted by Crippen LogP contribution is 2.36. The minimum atomic E-state index is -0.264. The van der Waals surface area contributed by atoms with Crippen molar-refractivity contribution in [3.8, 4) is 17.3 Å². The van der Waals surface area contributed by atoms with Crippen molar-refractivity contribution in [3.63, 3.8) is 0 Å². The Balaban J connectivity index is 1.47. The maximum absolute atomic E-state index is 9.51. The van der Waals surface area contributed by atoms with Crippen molar-refractivity contribution in [2.45, 2.75) is 6.42 Å². The molecule has 1 saturated heterocycles. The van der Waals surface area contributed by atoms with Crippen LogP contribution in [0.25, 0.3) is 27.9 Å².